The second kappa shape index (κ2) is 10.9. The SMILES string of the molecule is CCOc1c(C(N)=O)cc([C@@](O)(CNC(=O)c2cc(OC)c3nn(C4CC4)cc3c2)C(F)(F)F)nc1-c1cccc(S(F)(F)(F)(F)F)c1. The second-order valence-electron chi connectivity index (χ2n) is 11.0. The molecule has 0 aliphatic heterocycles. The lowest BCUT2D eigenvalue weighted by Crippen LogP contribution is -2.51. The number of rotatable bonds is 11. The molecule has 260 valence electrons. The van der Waals surface area contributed by atoms with Gasteiger partial charge in [0.15, 0.2) is 5.75 Å². The number of hydrogen-bond donors (Lipinski definition) is 3. The van der Waals surface area contributed by atoms with Gasteiger partial charge < -0.3 is 25.6 Å². The molecule has 0 radical (unpaired) electrons. The van der Waals surface area contributed by atoms with E-state index in [2.05, 4.69) is 10.1 Å². The largest absolute Gasteiger partial charge is 0.494 e. The maximum atomic E-state index is 14.6. The predicted octanol–water partition coefficient (Wildman–Crippen LogP) is 6.78. The van der Waals surface area contributed by atoms with E-state index in [1.165, 1.54) is 26.2 Å². The maximum Gasteiger partial charge on any atom is 0.424 e. The molecule has 0 unspecified atom stereocenters. The summed E-state index contributed by atoms with van der Waals surface area (Å²) in [6.45, 7) is -0.595. The summed E-state index contributed by atoms with van der Waals surface area (Å²) in [7, 11) is -9.01. The molecule has 1 saturated carbocycles. The fourth-order valence-corrected chi connectivity index (χ4v) is 5.56. The van der Waals surface area contributed by atoms with Gasteiger partial charge in [0, 0.05) is 22.7 Å². The van der Waals surface area contributed by atoms with Gasteiger partial charge in [0.25, 0.3) is 11.8 Å². The minimum absolute atomic E-state index is 0.0507. The van der Waals surface area contributed by atoms with Gasteiger partial charge in [0.2, 0.25) is 5.60 Å². The molecule has 2 amide bonds. The van der Waals surface area contributed by atoms with E-state index in [1.54, 1.807) is 10.9 Å². The zero-order chi connectivity index (χ0) is 35.5. The Bertz CT molecular complexity index is 1950. The molecule has 2 aromatic carbocycles. The van der Waals surface area contributed by atoms with E-state index >= 15 is 0 Å². The Morgan fingerprint density at radius 3 is 2.35 bits per heavy atom. The smallest absolute Gasteiger partial charge is 0.424 e. The molecule has 0 bridgehead atoms. The highest BCUT2D eigenvalue weighted by Gasteiger charge is 2.65. The molecule has 4 N–H and O–H groups in total. The van der Waals surface area contributed by atoms with Crippen LogP contribution in [0.2, 0.25) is 0 Å². The lowest BCUT2D eigenvalue weighted by atomic mass is 9.94. The minimum Gasteiger partial charge on any atom is -0.494 e. The predicted molar refractivity (Wildman–Crippen MR) is 158 cm³/mol. The first-order valence-electron chi connectivity index (χ1n) is 14.0. The Morgan fingerprint density at radius 1 is 1.10 bits per heavy atom. The van der Waals surface area contributed by atoms with Gasteiger partial charge in [0.05, 0.1) is 37.6 Å². The van der Waals surface area contributed by atoms with Gasteiger partial charge in [0.1, 0.15) is 21.9 Å². The Kier molecular flexibility index (Phi) is 7.91. The molecular formula is C29H27F8N5O5S. The van der Waals surface area contributed by atoms with Crippen molar-refractivity contribution < 1.29 is 56.8 Å². The minimum atomic E-state index is -10.3. The number of hydrogen-bond acceptors (Lipinski definition) is 7. The number of primary amides is 1. The highest BCUT2D eigenvalue weighted by atomic mass is 32.5. The van der Waals surface area contributed by atoms with Crippen molar-refractivity contribution in [2.24, 2.45) is 5.73 Å². The number of carbonyl (C=O) groups excluding carboxylic acids is 2. The van der Waals surface area contributed by atoms with E-state index in [1.807, 2.05) is 5.32 Å². The van der Waals surface area contributed by atoms with Crippen molar-refractivity contribution in [2.75, 3.05) is 20.3 Å². The number of aliphatic hydroxyl groups is 1. The average molecular weight is 710 g/mol. The van der Waals surface area contributed by atoms with Gasteiger partial charge in [-0.25, -0.2) is 4.98 Å². The molecular weight excluding hydrogens is 682 g/mol. The van der Waals surface area contributed by atoms with Crippen molar-refractivity contribution in [1.82, 2.24) is 20.1 Å². The van der Waals surface area contributed by atoms with Crippen molar-refractivity contribution in [2.45, 2.75) is 42.5 Å². The van der Waals surface area contributed by atoms with Crippen LogP contribution in [0, 0.1) is 0 Å². The Balaban J connectivity index is 1.59. The van der Waals surface area contributed by atoms with Crippen LogP contribution in [-0.4, -0.2) is 58.1 Å². The van der Waals surface area contributed by atoms with Crippen LogP contribution in [0.5, 0.6) is 11.5 Å². The number of nitrogens with two attached hydrogens (primary N) is 1. The highest BCUT2D eigenvalue weighted by Crippen LogP contribution is 3.02. The van der Waals surface area contributed by atoms with Gasteiger partial charge in [-0.3, -0.25) is 14.3 Å². The third-order valence-corrected chi connectivity index (χ3v) is 8.62. The number of carbonyl (C=O) groups is 2. The lowest BCUT2D eigenvalue weighted by molar-refractivity contribution is -0.265. The number of aromatic nitrogens is 3. The molecule has 2 aromatic heterocycles. The first-order valence-corrected chi connectivity index (χ1v) is 16.0. The zero-order valence-corrected chi connectivity index (χ0v) is 25.8. The number of nitrogens with zero attached hydrogens (tertiary/aromatic N) is 3. The second-order valence-corrected chi connectivity index (χ2v) is 13.4. The van der Waals surface area contributed by atoms with Gasteiger partial charge in [-0.1, -0.05) is 31.6 Å². The van der Waals surface area contributed by atoms with Gasteiger partial charge in [-0.05, 0) is 50.1 Å². The van der Waals surface area contributed by atoms with Crippen LogP contribution in [0.3, 0.4) is 0 Å². The molecule has 1 atom stereocenters. The van der Waals surface area contributed by atoms with Crippen molar-refractivity contribution in [1.29, 1.82) is 0 Å². The number of alkyl halides is 3. The third-order valence-electron chi connectivity index (χ3n) is 7.47. The summed E-state index contributed by atoms with van der Waals surface area (Å²) in [6, 6.07) is 4.44. The summed E-state index contributed by atoms with van der Waals surface area (Å²) in [5, 5.41) is 17.9. The van der Waals surface area contributed by atoms with Crippen LogP contribution >= 0.6 is 10.2 Å². The van der Waals surface area contributed by atoms with Gasteiger partial charge in [-0.2, -0.15) is 18.3 Å². The number of pyridine rings is 1. The van der Waals surface area contributed by atoms with Crippen LogP contribution in [0.1, 0.15) is 52.2 Å². The zero-order valence-electron chi connectivity index (χ0n) is 25.0. The lowest BCUT2D eigenvalue weighted by Gasteiger charge is -2.40. The number of ether oxygens (including phenoxy) is 2. The van der Waals surface area contributed by atoms with Crippen LogP contribution in [0.15, 0.2) is 53.6 Å². The maximum absolute atomic E-state index is 14.6. The van der Waals surface area contributed by atoms with E-state index in [9.17, 15) is 47.3 Å². The van der Waals surface area contributed by atoms with Crippen LogP contribution in [0.25, 0.3) is 22.2 Å². The number of methoxy groups -OCH3 is 1. The number of fused-ring (bicyclic) bond motifs is 1. The van der Waals surface area contributed by atoms with E-state index in [0.29, 0.717) is 23.0 Å². The summed E-state index contributed by atoms with van der Waals surface area (Å²) in [4.78, 5) is 26.8. The molecule has 1 aliphatic rings. The van der Waals surface area contributed by atoms with Crippen molar-refractivity contribution >= 4 is 32.9 Å². The Morgan fingerprint density at radius 2 is 1.79 bits per heavy atom. The monoisotopic (exact) mass is 709 g/mol. The van der Waals surface area contributed by atoms with Gasteiger partial charge in [-0.15, -0.1) is 0 Å². The van der Waals surface area contributed by atoms with Crippen LogP contribution < -0.4 is 20.5 Å². The quantitative estimate of drug-likeness (QED) is 0.146. The summed E-state index contributed by atoms with van der Waals surface area (Å²) in [5.41, 5.74) is -2.58. The van der Waals surface area contributed by atoms with Crippen LogP contribution in [0.4, 0.5) is 32.6 Å². The molecule has 1 aliphatic carbocycles. The number of amides is 2. The van der Waals surface area contributed by atoms with Gasteiger partial charge >= 0.3 is 16.4 Å². The topological polar surface area (TPSA) is 142 Å². The molecule has 19 heteroatoms. The highest BCUT2D eigenvalue weighted by molar-refractivity contribution is 8.45. The van der Waals surface area contributed by atoms with Crippen molar-refractivity contribution in [3.63, 3.8) is 0 Å². The summed E-state index contributed by atoms with van der Waals surface area (Å²) in [5.74, 6) is -3.15. The van der Waals surface area contributed by atoms with E-state index in [0.717, 1.165) is 18.9 Å². The summed E-state index contributed by atoms with van der Waals surface area (Å²) in [6.07, 6.45) is -2.23. The number of nitrogens with one attached hydrogen (secondary N) is 1. The Labute approximate surface area is 266 Å². The third kappa shape index (κ3) is 6.69. The standard InChI is InChI=1S/C29H27F8N5O5S/c1-3-47-25-20(26(38)43)12-22(40-24(25)15-5-4-6-19(10-15)48(33,34,35,36)37)28(45,29(30,31)32)14-39-27(44)16-9-17-13-42(18-7-8-18)41-23(17)21(11-16)46-2/h4-6,9-13,18,45H,3,7-8,14H2,1-2H3,(H2,38,43)(H,39,44)/t28-/m0/s1. The van der Waals surface area contributed by atoms with Crippen molar-refractivity contribution in [3.8, 4) is 22.8 Å². The first kappa shape index (κ1) is 34.7. The molecule has 1 fully saturated rings. The number of benzene rings is 2. The van der Waals surface area contributed by atoms with Crippen molar-refractivity contribution in [3.05, 3.63) is 65.5 Å². The molecule has 10 nitrogen and oxygen atoms in total. The fraction of sp³-hybridized carbons (Fsp3) is 0.310. The first-order chi connectivity index (χ1) is 22.1. The molecule has 0 saturated heterocycles. The van der Waals surface area contributed by atoms with E-state index in [-0.39, 0.29) is 36.1 Å². The summed E-state index contributed by atoms with van der Waals surface area (Å²) < 4.78 is 124. The normalized spacial score (nSPS) is 16.5. The van der Waals surface area contributed by atoms with Crippen LogP contribution in [-0.2, 0) is 5.60 Å². The summed E-state index contributed by atoms with van der Waals surface area (Å²) >= 11 is 0. The molecule has 2 heterocycles. The molecule has 48 heavy (non-hydrogen) atoms. The molecule has 0 spiro atoms. The average Bonchev–Trinajstić information content (AvgIpc) is 3.75. The number of halogens is 8. The molecule has 4 aromatic rings. The van der Waals surface area contributed by atoms with E-state index in [4.69, 9.17) is 15.2 Å². The Hall–Kier alpha value is -4.65. The fourth-order valence-electron chi connectivity index (χ4n) is 4.88. The molecule has 5 rings (SSSR count). The van der Waals surface area contributed by atoms with E-state index < -0.39 is 73.5 Å².